The zero-order valence-electron chi connectivity index (χ0n) is 18.6. The number of alkyl carbamates (subject to hydrolysis) is 1. The lowest BCUT2D eigenvalue weighted by Gasteiger charge is -2.25. The number of carboxylic acids is 1. The van der Waals surface area contributed by atoms with Crippen molar-refractivity contribution >= 4 is 18.0 Å². The molecule has 3 rings (SSSR count). The molecule has 7 heteroatoms. The topological polar surface area (TPSA) is 105 Å². The third kappa shape index (κ3) is 5.28. The molecule has 7 nitrogen and oxygen atoms in total. The molecule has 170 valence electrons. The van der Waals surface area contributed by atoms with Crippen molar-refractivity contribution in [2.75, 3.05) is 6.61 Å². The van der Waals surface area contributed by atoms with Crippen molar-refractivity contribution in [2.45, 2.75) is 51.6 Å². The third-order valence-corrected chi connectivity index (χ3v) is 5.98. The Labute approximate surface area is 188 Å². The smallest absolute Gasteiger partial charge is 0.407 e. The zero-order chi connectivity index (χ0) is 23.3. The molecule has 2 aromatic carbocycles. The van der Waals surface area contributed by atoms with Gasteiger partial charge in [0.1, 0.15) is 12.6 Å². The second-order valence-electron chi connectivity index (χ2n) is 8.34. The van der Waals surface area contributed by atoms with Gasteiger partial charge in [0.2, 0.25) is 5.91 Å². The minimum absolute atomic E-state index is 0.0698. The van der Waals surface area contributed by atoms with E-state index in [1.54, 1.807) is 6.92 Å². The molecule has 0 saturated heterocycles. The number of nitrogens with one attached hydrogen (secondary N) is 2. The van der Waals surface area contributed by atoms with E-state index in [4.69, 9.17) is 9.84 Å². The van der Waals surface area contributed by atoms with Crippen LogP contribution in [0.2, 0.25) is 0 Å². The summed E-state index contributed by atoms with van der Waals surface area (Å²) in [6, 6.07) is 14.8. The fourth-order valence-corrected chi connectivity index (χ4v) is 4.11. The summed E-state index contributed by atoms with van der Waals surface area (Å²) in [5.74, 6) is -1.63. The van der Waals surface area contributed by atoms with Gasteiger partial charge in [0.15, 0.2) is 0 Å². The van der Waals surface area contributed by atoms with Gasteiger partial charge in [-0.25, -0.2) is 4.79 Å². The predicted molar refractivity (Wildman–Crippen MR) is 121 cm³/mol. The van der Waals surface area contributed by atoms with Crippen molar-refractivity contribution in [1.82, 2.24) is 10.6 Å². The summed E-state index contributed by atoms with van der Waals surface area (Å²) in [6.45, 7) is 5.55. The van der Waals surface area contributed by atoms with Crippen molar-refractivity contribution < 1.29 is 24.2 Å². The summed E-state index contributed by atoms with van der Waals surface area (Å²) < 4.78 is 5.56. The van der Waals surface area contributed by atoms with Crippen LogP contribution < -0.4 is 10.6 Å². The lowest BCUT2D eigenvalue weighted by atomic mass is 9.98. The lowest BCUT2D eigenvalue weighted by molar-refractivity contribution is -0.137. The van der Waals surface area contributed by atoms with Crippen molar-refractivity contribution in [3.63, 3.8) is 0 Å². The van der Waals surface area contributed by atoms with Gasteiger partial charge in [-0.1, -0.05) is 68.8 Å². The van der Waals surface area contributed by atoms with Gasteiger partial charge in [0.25, 0.3) is 0 Å². The van der Waals surface area contributed by atoms with Crippen LogP contribution in [0.5, 0.6) is 0 Å². The Morgan fingerprint density at radius 1 is 0.969 bits per heavy atom. The van der Waals surface area contributed by atoms with Gasteiger partial charge in [-0.05, 0) is 35.1 Å². The zero-order valence-corrected chi connectivity index (χ0v) is 18.6. The highest BCUT2D eigenvalue weighted by Gasteiger charge is 2.31. The molecule has 0 aromatic heterocycles. The number of benzene rings is 2. The van der Waals surface area contributed by atoms with E-state index in [1.807, 2.05) is 50.2 Å². The Bertz CT molecular complexity index is 944. The predicted octanol–water partition coefficient (Wildman–Crippen LogP) is 3.92. The number of hydrogen-bond donors (Lipinski definition) is 3. The van der Waals surface area contributed by atoms with E-state index in [2.05, 4.69) is 22.8 Å². The molecule has 3 atom stereocenters. The number of rotatable bonds is 9. The first-order valence-electron chi connectivity index (χ1n) is 11.0. The molecule has 2 amide bonds. The Kier molecular flexibility index (Phi) is 7.51. The molecule has 3 N–H and O–H groups in total. The standard InChI is InChI=1S/C25H30N2O5/c1-4-15(2)23(24(30)26-16(3)13-22(28)29)27-25(31)32-14-21-19-11-7-5-9-17(19)18-10-6-8-12-20(18)21/h5-12,15-16,21,23H,4,13-14H2,1-3H3,(H,26,30)(H,27,31)(H,28,29)/t15?,16-,23?/m0/s1. The maximum Gasteiger partial charge on any atom is 0.407 e. The highest BCUT2D eigenvalue weighted by atomic mass is 16.5. The quantitative estimate of drug-likeness (QED) is 0.550. The van der Waals surface area contributed by atoms with Gasteiger partial charge in [-0.2, -0.15) is 0 Å². The number of ether oxygens (including phenoxy) is 1. The van der Waals surface area contributed by atoms with Gasteiger partial charge >= 0.3 is 12.1 Å². The fourth-order valence-electron chi connectivity index (χ4n) is 4.11. The number of carbonyl (C=O) groups excluding carboxylic acids is 2. The molecule has 1 aliphatic carbocycles. The number of carbonyl (C=O) groups is 3. The number of amides is 2. The van der Waals surface area contributed by atoms with Gasteiger partial charge in [-0.15, -0.1) is 0 Å². The monoisotopic (exact) mass is 438 g/mol. The average molecular weight is 439 g/mol. The highest BCUT2D eigenvalue weighted by Crippen LogP contribution is 2.44. The molecular formula is C25H30N2O5. The van der Waals surface area contributed by atoms with Crippen LogP contribution in [0, 0.1) is 5.92 Å². The molecule has 0 fully saturated rings. The van der Waals surface area contributed by atoms with E-state index in [1.165, 1.54) is 0 Å². The third-order valence-electron chi connectivity index (χ3n) is 5.98. The second-order valence-corrected chi connectivity index (χ2v) is 8.34. The fraction of sp³-hybridized carbons (Fsp3) is 0.400. The Morgan fingerprint density at radius 2 is 1.53 bits per heavy atom. The summed E-state index contributed by atoms with van der Waals surface area (Å²) in [5.41, 5.74) is 4.50. The molecule has 0 saturated carbocycles. The molecule has 2 unspecified atom stereocenters. The Balaban J connectivity index is 1.66. The molecule has 0 bridgehead atoms. The van der Waals surface area contributed by atoms with Crippen LogP contribution >= 0.6 is 0 Å². The maximum absolute atomic E-state index is 12.7. The van der Waals surface area contributed by atoms with Gasteiger partial charge in [0, 0.05) is 12.0 Å². The van der Waals surface area contributed by atoms with Crippen molar-refractivity contribution in [3.8, 4) is 11.1 Å². The summed E-state index contributed by atoms with van der Waals surface area (Å²) in [6.07, 6.45) is -0.197. The largest absolute Gasteiger partial charge is 0.481 e. The van der Waals surface area contributed by atoms with E-state index in [0.29, 0.717) is 6.42 Å². The molecule has 0 spiro atoms. The first-order chi connectivity index (χ1) is 15.3. The van der Waals surface area contributed by atoms with Crippen LogP contribution in [-0.2, 0) is 14.3 Å². The van der Waals surface area contributed by atoms with Crippen LogP contribution in [0.1, 0.15) is 50.7 Å². The average Bonchev–Trinajstić information content (AvgIpc) is 3.08. The van der Waals surface area contributed by atoms with Crippen LogP contribution in [0.25, 0.3) is 11.1 Å². The maximum atomic E-state index is 12.7. The van der Waals surface area contributed by atoms with Crippen molar-refractivity contribution in [3.05, 3.63) is 59.7 Å². The highest BCUT2D eigenvalue weighted by molar-refractivity contribution is 5.86. The molecule has 0 aliphatic heterocycles. The molecule has 0 radical (unpaired) electrons. The van der Waals surface area contributed by atoms with Gasteiger partial charge in [0.05, 0.1) is 6.42 Å². The Morgan fingerprint density at radius 3 is 2.06 bits per heavy atom. The number of fused-ring (bicyclic) bond motifs is 3. The molecule has 32 heavy (non-hydrogen) atoms. The minimum atomic E-state index is -0.998. The Hall–Kier alpha value is -3.35. The first-order valence-corrected chi connectivity index (χ1v) is 11.0. The summed E-state index contributed by atoms with van der Waals surface area (Å²) in [7, 11) is 0. The van der Waals surface area contributed by atoms with Crippen molar-refractivity contribution in [1.29, 1.82) is 0 Å². The van der Waals surface area contributed by atoms with Crippen LogP contribution in [0.3, 0.4) is 0 Å². The van der Waals surface area contributed by atoms with Gasteiger partial charge < -0.3 is 20.5 Å². The van der Waals surface area contributed by atoms with E-state index in [-0.39, 0.29) is 24.9 Å². The number of hydrogen-bond acceptors (Lipinski definition) is 4. The van der Waals surface area contributed by atoms with E-state index in [9.17, 15) is 14.4 Å². The van der Waals surface area contributed by atoms with E-state index in [0.717, 1.165) is 22.3 Å². The minimum Gasteiger partial charge on any atom is -0.481 e. The van der Waals surface area contributed by atoms with Crippen LogP contribution in [0.4, 0.5) is 4.79 Å². The van der Waals surface area contributed by atoms with E-state index >= 15 is 0 Å². The molecule has 2 aromatic rings. The number of aliphatic carboxylic acids is 1. The number of carboxylic acid groups (broad SMARTS) is 1. The SMILES string of the molecule is CCC(C)C(NC(=O)OCC1c2ccccc2-c2ccccc21)C(=O)N[C@@H](C)CC(=O)O. The van der Waals surface area contributed by atoms with Gasteiger partial charge in [-0.3, -0.25) is 9.59 Å². The second kappa shape index (κ2) is 10.3. The lowest BCUT2D eigenvalue weighted by Crippen LogP contribution is -2.52. The van der Waals surface area contributed by atoms with Crippen LogP contribution in [0.15, 0.2) is 48.5 Å². The molecular weight excluding hydrogens is 408 g/mol. The summed E-state index contributed by atoms with van der Waals surface area (Å²) in [5, 5.41) is 14.3. The summed E-state index contributed by atoms with van der Waals surface area (Å²) in [4.78, 5) is 36.2. The summed E-state index contributed by atoms with van der Waals surface area (Å²) >= 11 is 0. The molecule has 1 aliphatic rings. The van der Waals surface area contributed by atoms with E-state index < -0.39 is 30.1 Å². The molecule has 0 heterocycles. The normalized spacial score (nSPS) is 15.1. The van der Waals surface area contributed by atoms with Crippen LogP contribution in [-0.4, -0.2) is 41.8 Å². The first kappa shape index (κ1) is 23.3. The van der Waals surface area contributed by atoms with Crippen molar-refractivity contribution in [2.24, 2.45) is 5.92 Å².